The lowest BCUT2D eigenvalue weighted by atomic mass is 9.96. The van der Waals surface area contributed by atoms with Gasteiger partial charge in [-0.2, -0.15) is 0 Å². The zero-order chi connectivity index (χ0) is 13.1. The van der Waals surface area contributed by atoms with Crippen LogP contribution in [-0.2, 0) is 4.79 Å². The Bertz CT molecular complexity index is 436. The summed E-state index contributed by atoms with van der Waals surface area (Å²) in [4.78, 5) is 12.2. The lowest BCUT2D eigenvalue weighted by Crippen LogP contribution is -2.36. The van der Waals surface area contributed by atoms with Crippen LogP contribution < -0.4 is 10.6 Å². The highest BCUT2D eigenvalue weighted by molar-refractivity contribution is 6.31. The van der Waals surface area contributed by atoms with Crippen molar-refractivity contribution in [1.29, 1.82) is 0 Å². The second-order valence-corrected chi connectivity index (χ2v) is 5.40. The van der Waals surface area contributed by atoms with Gasteiger partial charge in [-0.3, -0.25) is 4.79 Å². The first-order chi connectivity index (χ1) is 8.59. The molecule has 1 aliphatic rings. The van der Waals surface area contributed by atoms with Crippen LogP contribution in [0, 0.1) is 11.8 Å². The first-order valence-corrected chi connectivity index (χ1v) is 6.73. The molecule has 0 aliphatic carbocycles. The van der Waals surface area contributed by atoms with Crippen LogP contribution in [0.15, 0.2) is 24.3 Å². The van der Waals surface area contributed by atoms with E-state index >= 15 is 0 Å². The van der Waals surface area contributed by atoms with Crippen molar-refractivity contribution in [3.8, 4) is 0 Å². The molecule has 1 aliphatic heterocycles. The molecule has 0 spiro atoms. The molecule has 2 N–H and O–H groups in total. The standard InChI is InChI=1S/C14H19ClN2O/c1-9-7-16-8-12(9)14(18)17-10(2)11-5-3-4-6-13(11)15/h3-6,9-10,12,16H,7-8H2,1-2H3,(H,17,18)/t9?,10-,12?/m1/s1. The molecular weight excluding hydrogens is 248 g/mol. The molecule has 4 heteroatoms. The van der Waals surface area contributed by atoms with Crippen LogP contribution in [-0.4, -0.2) is 19.0 Å². The minimum atomic E-state index is -0.0565. The fraction of sp³-hybridized carbons (Fsp3) is 0.500. The molecule has 1 saturated heterocycles. The highest BCUT2D eigenvalue weighted by Gasteiger charge is 2.30. The number of benzene rings is 1. The van der Waals surface area contributed by atoms with Crippen LogP contribution in [0.4, 0.5) is 0 Å². The molecule has 0 radical (unpaired) electrons. The highest BCUT2D eigenvalue weighted by atomic mass is 35.5. The average molecular weight is 267 g/mol. The van der Waals surface area contributed by atoms with Gasteiger partial charge in [-0.1, -0.05) is 36.7 Å². The van der Waals surface area contributed by atoms with E-state index in [0.29, 0.717) is 10.9 Å². The molecule has 3 atom stereocenters. The van der Waals surface area contributed by atoms with E-state index < -0.39 is 0 Å². The topological polar surface area (TPSA) is 41.1 Å². The molecule has 2 unspecified atom stereocenters. The predicted molar refractivity (Wildman–Crippen MR) is 73.5 cm³/mol. The minimum Gasteiger partial charge on any atom is -0.349 e. The highest BCUT2D eigenvalue weighted by Crippen LogP contribution is 2.23. The SMILES string of the molecule is CC1CNCC1C(=O)N[C@H](C)c1ccccc1Cl. The summed E-state index contributed by atoms with van der Waals surface area (Å²) in [6.07, 6.45) is 0. The van der Waals surface area contributed by atoms with Crippen molar-refractivity contribution in [1.82, 2.24) is 10.6 Å². The second-order valence-electron chi connectivity index (χ2n) is 4.99. The van der Waals surface area contributed by atoms with E-state index in [1.807, 2.05) is 31.2 Å². The van der Waals surface area contributed by atoms with Gasteiger partial charge in [-0.15, -0.1) is 0 Å². The third kappa shape index (κ3) is 2.85. The third-order valence-electron chi connectivity index (χ3n) is 3.58. The van der Waals surface area contributed by atoms with Crippen molar-refractivity contribution in [2.75, 3.05) is 13.1 Å². The zero-order valence-corrected chi connectivity index (χ0v) is 11.5. The van der Waals surface area contributed by atoms with Gasteiger partial charge in [0.1, 0.15) is 0 Å². The van der Waals surface area contributed by atoms with Gasteiger partial charge < -0.3 is 10.6 Å². The van der Waals surface area contributed by atoms with E-state index in [1.54, 1.807) is 0 Å². The molecular formula is C14H19ClN2O. The Labute approximate surface area is 113 Å². The monoisotopic (exact) mass is 266 g/mol. The fourth-order valence-electron chi connectivity index (χ4n) is 2.39. The molecule has 18 heavy (non-hydrogen) atoms. The summed E-state index contributed by atoms with van der Waals surface area (Å²) >= 11 is 6.13. The summed E-state index contributed by atoms with van der Waals surface area (Å²) in [5, 5.41) is 6.98. The molecule has 0 aromatic heterocycles. The molecule has 0 saturated carbocycles. The number of nitrogens with one attached hydrogen (secondary N) is 2. The quantitative estimate of drug-likeness (QED) is 0.882. The summed E-state index contributed by atoms with van der Waals surface area (Å²) < 4.78 is 0. The van der Waals surface area contributed by atoms with E-state index in [-0.39, 0.29) is 17.9 Å². The fourth-order valence-corrected chi connectivity index (χ4v) is 2.68. The molecule has 3 nitrogen and oxygen atoms in total. The van der Waals surface area contributed by atoms with Gasteiger partial charge in [0, 0.05) is 11.6 Å². The van der Waals surface area contributed by atoms with Crippen molar-refractivity contribution in [3.63, 3.8) is 0 Å². The number of carbonyl (C=O) groups is 1. The molecule has 1 heterocycles. The van der Waals surface area contributed by atoms with Gasteiger partial charge in [0.25, 0.3) is 0 Å². The van der Waals surface area contributed by atoms with Crippen LogP contribution in [0.25, 0.3) is 0 Å². The van der Waals surface area contributed by atoms with Crippen molar-refractivity contribution < 1.29 is 4.79 Å². The number of halogens is 1. The number of amides is 1. The van der Waals surface area contributed by atoms with Gasteiger partial charge in [0.05, 0.1) is 12.0 Å². The Morgan fingerprint density at radius 2 is 2.17 bits per heavy atom. The average Bonchev–Trinajstić information content (AvgIpc) is 2.76. The van der Waals surface area contributed by atoms with Gasteiger partial charge in [-0.25, -0.2) is 0 Å². The Balaban J connectivity index is 2.01. The predicted octanol–water partition coefficient (Wildman–Crippen LogP) is 2.37. The van der Waals surface area contributed by atoms with Crippen LogP contribution in [0.3, 0.4) is 0 Å². The van der Waals surface area contributed by atoms with Gasteiger partial charge in [0.2, 0.25) is 5.91 Å². The number of carbonyl (C=O) groups excluding carboxylic acids is 1. The summed E-state index contributed by atoms with van der Waals surface area (Å²) in [6.45, 7) is 5.75. The van der Waals surface area contributed by atoms with Crippen molar-refractivity contribution in [2.45, 2.75) is 19.9 Å². The van der Waals surface area contributed by atoms with Crippen LogP contribution in [0.5, 0.6) is 0 Å². The zero-order valence-electron chi connectivity index (χ0n) is 10.7. The first kappa shape index (κ1) is 13.4. The van der Waals surface area contributed by atoms with Crippen molar-refractivity contribution in [3.05, 3.63) is 34.9 Å². The number of rotatable bonds is 3. The van der Waals surface area contributed by atoms with Crippen LogP contribution >= 0.6 is 11.6 Å². The molecule has 1 fully saturated rings. The lowest BCUT2D eigenvalue weighted by Gasteiger charge is -2.20. The van der Waals surface area contributed by atoms with Gasteiger partial charge >= 0.3 is 0 Å². The molecule has 1 amide bonds. The van der Waals surface area contributed by atoms with Crippen LogP contribution in [0.1, 0.15) is 25.5 Å². The molecule has 2 rings (SSSR count). The lowest BCUT2D eigenvalue weighted by molar-refractivity contribution is -0.126. The molecule has 1 aromatic rings. The van der Waals surface area contributed by atoms with Crippen molar-refractivity contribution >= 4 is 17.5 Å². The Morgan fingerprint density at radius 3 is 2.78 bits per heavy atom. The van der Waals surface area contributed by atoms with E-state index in [9.17, 15) is 4.79 Å². The Hall–Kier alpha value is -1.06. The molecule has 98 valence electrons. The van der Waals surface area contributed by atoms with E-state index in [2.05, 4.69) is 17.6 Å². The summed E-state index contributed by atoms with van der Waals surface area (Å²) in [5.74, 6) is 0.568. The van der Waals surface area contributed by atoms with Gasteiger partial charge in [0.15, 0.2) is 0 Å². The summed E-state index contributed by atoms with van der Waals surface area (Å²) in [5.41, 5.74) is 0.964. The van der Waals surface area contributed by atoms with E-state index in [4.69, 9.17) is 11.6 Å². The number of hydrogen-bond donors (Lipinski definition) is 2. The number of hydrogen-bond acceptors (Lipinski definition) is 2. The first-order valence-electron chi connectivity index (χ1n) is 6.35. The smallest absolute Gasteiger partial charge is 0.225 e. The third-order valence-corrected chi connectivity index (χ3v) is 3.93. The maximum atomic E-state index is 12.2. The van der Waals surface area contributed by atoms with E-state index in [0.717, 1.165) is 18.7 Å². The summed E-state index contributed by atoms with van der Waals surface area (Å²) in [7, 11) is 0. The largest absolute Gasteiger partial charge is 0.349 e. The minimum absolute atomic E-state index is 0.0565. The Kier molecular flexibility index (Phi) is 4.25. The normalized spacial score (nSPS) is 24.8. The summed E-state index contributed by atoms with van der Waals surface area (Å²) in [6, 6.07) is 7.56. The molecule has 0 bridgehead atoms. The van der Waals surface area contributed by atoms with Crippen LogP contribution in [0.2, 0.25) is 5.02 Å². The Morgan fingerprint density at radius 1 is 1.44 bits per heavy atom. The maximum Gasteiger partial charge on any atom is 0.225 e. The molecule has 1 aromatic carbocycles. The van der Waals surface area contributed by atoms with E-state index in [1.165, 1.54) is 0 Å². The van der Waals surface area contributed by atoms with Gasteiger partial charge in [-0.05, 0) is 31.0 Å². The van der Waals surface area contributed by atoms with Crippen molar-refractivity contribution in [2.24, 2.45) is 11.8 Å². The maximum absolute atomic E-state index is 12.2. The second kappa shape index (κ2) is 5.72.